The van der Waals surface area contributed by atoms with Gasteiger partial charge in [-0.3, -0.25) is 13.9 Å². The second-order valence-electron chi connectivity index (χ2n) is 6.03. The summed E-state index contributed by atoms with van der Waals surface area (Å²) in [5.41, 5.74) is 5.88. The van der Waals surface area contributed by atoms with Crippen LogP contribution in [0.3, 0.4) is 0 Å². The van der Waals surface area contributed by atoms with Crippen molar-refractivity contribution in [2.45, 2.75) is 28.4 Å². The zero-order valence-electron chi connectivity index (χ0n) is 15.5. The van der Waals surface area contributed by atoms with Crippen LogP contribution >= 0.6 is 0 Å². The number of benzene rings is 2. The molecule has 0 aliphatic carbocycles. The molecule has 31 heavy (non-hydrogen) atoms. The Bertz CT molecular complexity index is 1110. The van der Waals surface area contributed by atoms with E-state index in [0.29, 0.717) is 0 Å². The molecule has 0 aliphatic heterocycles. The first-order valence-electron chi connectivity index (χ1n) is 8.31. The second-order valence-corrected chi connectivity index (χ2v) is 8.87. The van der Waals surface area contributed by atoms with Crippen LogP contribution in [0, 0.1) is 0 Å². The minimum atomic E-state index is -4.37. The van der Waals surface area contributed by atoms with Gasteiger partial charge in [-0.25, -0.2) is 0 Å². The zero-order valence-corrected chi connectivity index (χ0v) is 17.2. The summed E-state index contributed by atoms with van der Waals surface area (Å²) >= 11 is 0. The molecule has 2 rings (SSSR count). The van der Waals surface area contributed by atoms with Gasteiger partial charge in [0.1, 0.15) is 6.04 Å². The van der Waals surface area contributed by atoms with Crippen molar-refractivity contribution in [2.24, 2.45) is 26.2 Å². The van der Waals surface area contributed by atoms with Gasteiger partial charge in [-0.2, -0.15) is 37.3 Å². The van der Waals surface area contributed by atoms with E-state index >= 15 is 0 Å². The van der Waals surface area contributed by atoms with Gasteiger partial charge in [0.15, 0.2) is 6.17 Å². The summed E-state index contributed by atoms with van der Waals surface area (Å²) in [4.78, 5) is 10.3. The minimum Gasteiger partial charge on any atom is -0.480 e. The second kappa shape index (κ2) is 9.80. The topological polar surface area (TPSA) is 221 Å². The van der Waals surface area contributed by atoms with Crippen LogP contribution in [-0.2, 0) is 25.0 Å². The molecule has 2 aromatic rings. The Hall–Kier alpha value is -3.11. The first-order valence-corrected chi connectivity index (χ1v) is 11.2. The summed E-state index contributed by atoms with van der Waals surface area (Å²) in [6.07, 6.45) is -1.40. The standard InChI is InChI=1S/C16H17N5O8S2/c17-14(16(22)23)9-15(20-18-10-1-5-12(6-2-10)30(24,25)26)21-19-11-3-7-13(8-4-11)31(27,28)29/h1-8,14-15H,9,17H2,(H,22,23)(H,24,25,26)(H,27,28,29). The van der Waals surface area contributed by atoms with E-state index in [1.807, 2.05) is 0 Å². The number of nitrogens with two attached hydrogens (primary N) is 1. The predicted molar refractivity (Wildman–Crippen MR) is 106 cm³/mol. The van der Waals surface area contributed by atoms with E-state index < -0.39 is 38.4 Å². The lowest BCUT2D eigenvalue weighted by Gasteiger charge is -2.09. The maximum atomic E-state index is 11.0. The first-order chi connectivity index (χ1) is 14.4. The summed E-state index contributed by atoms with van der Waals surface area (Å²) in [6.45, 7) is 0. The summed E-state index contributed by atoms with van der Waals surface area (Å²) in [5.74, 6) is -1.30. The van der Waals surface area contributed by atoms with Crippen molar-refractivity contribution in [1.82, 2.24) is 0 Å². The summed E-state index contributed by atoms with van der Waals surface area (Å²) in [5, 5.41) is 24.4. The van der Waals surface area contributed by atoms with Crippen molar-refractivity contribution < 1.29 is 35.8 Å². The van der Waals surface area contributed by atoms with Crippen LogP contribution in [0.5, 0.6) is 0 Å². The largest absolute Gasteiger partial charge is 0.480 e. The zero-order chi connectivity index (χ0) is 23.2. The molecule has 0 saturated carbocycles. The molecule has 13 nitrogen and oxygen atoms in total. The third kappa shape index (κ3) is 7.58. The molecule has 0 amide bonds. The Morgan fingerprint density at radius 1 is 0.806 bits per heavy atom. The third-order valence-electron chi connectivity index (χ3n) is 3.66. The predicted octanol–water partition coefficient (Wildman–Crippen LogP) is 2.18. The van der Waals surface area contributed by atoms with E-state index in [1.165, 1.54) is 24.3 Å². The van der Waals surface area contributed by atoms with Gasteiger partial charge < -0.3 is 10.8 Å². The van der Waals surface area contributed by atoms with Crippen LogP contribution in [0.15, 0.2) is 78.8 Å². The molecule has 1 atom stereocenters. The van der Waals surface area contributed by atoms with E-state index in [0.717, 1.165) is 24.3 Å². The average molecular weight is 471 g/mol. The molecule has 0 aliphatic rings. The SMILES string of the molecule is NC(CC(N=Nc1ccc(S(=O)(=O)O)cc1)N=Nc1ccc(S(=O)(=O)O)cc1)C(=O)O. The van der Waals surface area contributed by atoms with Crippen molar-refractivity contribution in [2.75, 3.05) is 0 Å². The number of hydrogen-bond acceptors (Lipinski definition) is 10. The van der Waals surface area contributed by atoms with Crippen molar-refractivity contribution in [3.63, 3.8) is 0 Å². The Kier molecular flexibility index (Phi) is 7.64. The molecular formula is C16H17N5O8S2. The fourth-order valence-electron chi connectivity index (χ4n) is 2.08. The van der Waals surface area contributed by atoms with E-state index in [1.54, 1.807) is 0 Å². The fourth-order valence-corrected chi connectivity index (χ4v) is 3.04. The Labute approximate surface area is 176 Å². The number of nitrogens with zero attached hydrogens (tertiary/aromatic N) is 4. The van der Waals surface area contributed by atoms with Gasteiger partial charge in [-0.05, 0) is 48.5 Å². The molecule has 0 radical (unpaired) electrons. The molecule has 2 aromatic carbocycles. The number of hydrogen-bond donors (Lipinski definition) is 4. The third-order valence-corrected chi connectivity index (χ3v) is 5.40. The molecule has 166 valence electrons. The highest BCUT2D eigenvalue weighted by molar-refractivity contribution is 7.86. The number of carboxylic acid groups (broad SMARTS) is 1. The molecule has 15 heteroatoms. The van der Waals surface area contributed by atoms with Crippen LogP contribution < -0.4 is 5.73 Å². The van der Waals surface area contributed by atoms with Gasteiger partial charge in [0.2, 0.25) is 0 Å². The molecule has 0 saturated heterocycles. The fraction of sp³-hybridized carbons (Fsp3) is 0.188. The van der Waals surface area contributed by atoms with Crippen molar-refractivity contribution in [3.8, 4) is 0 Å². The van der Waals surface area contributed by atoms with E-state index in [9.17, 15) is 21.6 Å². The Morgan fingerprint density at radius 3 is 1.45 bits per heavy atom. The molecule has 1 unspecified atom stereocenters. The summed E-state index contributed by atoms with van der Waals surface area (Å²) < 4.78 is 62.1. The smallest absolute Gasteiger partial charge is 0.320 e. The van der Waals surface area contributed by atoms with Crippen molar-refractivity contribution >= 4 is 37.6 Å². The monoisotopic (exact) mass is 471 g/mol. The molecule has 5 N–H and O–H groups in total. The maximum Gasteiger partial charge on any atom is 0.320 e. The minimum absolute atomic E-state index is 0.189. The molecule has 0 heterocycles. The molecule has 0 fully saturated rings. The highest BCUT2D eigenvalue weighted by atomic mass is 32.2. The lowest BCUT2D eigenvalue weighted by Crippen LogP contribution is -2.32. The summed E-state index contributed by atoms with van der Waals surface area (Å²) in [6, 6.07) is 8.09. The number of carboxylic acids is 1. The Morgan fingerprint density at radius 2 is 1.16 bits per heavy atom. The van der Waals surface area contributed by atoms with Crippen LogP contribution in [0.4, 0.5) is 11.4 Å². The average Bonchev–Trinajstić information content (AvgIpc) is 2.69. The lowest BCUT2D eigenvalue weighted by atomic mass is 10.2. The number of aliphatic carboxylic acids is 1. The van der Waals surface area contributed by atoms with Gasteiger partial charge >= 0.3 is 5.97 Å². The van der Waals surface area contributed by atoms with E-state index in [4.69, 9.17) is 19.9 Å². The van der Waals surface area contributed by atoms with Crippen molar-refractivity contribution in [1.29, 1.82) is 0 Å². The van der Waals surface area contributed by atoms with Crippen LogP contribution in [0.25, 0.3) is 0 Å². The number of rotatable bonds is 9. The van der Waals surface area contributed by atoms with E-state index in [2.05, 4.69) is 20.5 Å². The highest BCUT2D eigenvalue weighted by Crippen LogP contribution is 2.20. The lowest BCUT2D eigenvalue weighted by molar-refractivity contribution is -0.138. The quantitative estimate of drug-likeness (QED) is 0.310. The number of azo groups is 2. The van der Waals surface area contributed by atoms with Crippen molar-refractivity contribution in [3.05, 3.63) is 48.5 Å². The van der Waals surface area contributed by atoms with Gasteiger partial charge in [-0.1, -0.05) is 0 Å². The van der Waals surface area contributed by atoms with Crippen LogP contribution in [0.1, 0.15) is 6.42 Å². The van der Waals surface area contributed by atoms with E-state index in [-0.39, 0.29) is 27.6 Å². The van der Waals surface area contributed by atoms with Gasteiger partial charge in [0, 0.05) is 6.42 Å². The van der Waals surface area contributed by atoms with Crippen LogP contribution in [-0.4, -0.2) is 49.2 Å². The molecule has 0 bridgehead atoms. The Balaban J connectivity index is 2.23. The van der Waals surface area contributed by atoms with Gasteiger partial charge in [-0.15, -0.1) is 0 Å². The molecule has 0 spiro atoms. The van der Waals surface area contributed by atoms with Gasteiger partial charge in [0.25, 0.3) is 20.2 Å². The molecule has 0 aromatic heterocycles. The maximum absolute atomic E-state index is 11.0. The number of carbonyl (C=O) groups is 1. The normalized spacial score (nSPS) is 14.7. The first kappa shape index (κ1) is 24.2. The highest BCUT2D eigenvalue weighted by Gasteiger charge is 2.18. The molecular weight excluding hydrogens is 454 g/mol. The summed E-state index contributed by atoms with van der Waals surface area (Å²) in [7, 11) is -8.74. The van der Waals surface area contributed by atoms with Gasteiger partial charge in [0.05, 0.1) is 21.2 Å². The van der Waals surface area contributed by atoms with Crippen LogP contribution in [0.2, 0.25) is 0 Å².